The SMILES string of the molecule is CC(C)Oc1cc([C@@H](C)c2cc(F)cc(OC(F)(F)C(F)F)c2)ccc1F. The van der Waals surface area contributed by atoms with Crippen LogP contribution < -0.4 is 9.47 Å². The lowest BCUT2D eigenvalue weighted by atomic mass is 9.92. The van der Waals surface area contributed by atoms with Crippen molar-refractivity contribution in [1.82, 2.24) is 0 Å². The van der Waals surface area contributed by atoms with E-state index < -0.39 is 35.8 Å². The second-order valence-electron chi connectivity index (χ2n) is 6.26. The molecule has 0 saturated heterocycles. The van der Waals surface area contributed by atoms with Crippen molar-refractivity contribution in [2.45, 2.75) is 45.3 Å². The molecule has 0 bridgehead atoms. The van der Waals surface area contributed by atoms with E-state index in [1.54, 1.807) is 20.8 Å². The van der Waals surface area contributed by atoms with Crippen LogP contribution >= 0.6 is 0 Å². The van der Waals surface area contributed by atoms with Crippen molar-refractivity contribution in [2.24, 2.45) is 0 Å². The molecule has 2 rings (SSSR count). The molecule has 2 nitrogen and oxygen atoms in total. The highest BCUT2D eigenvalue weighted by Gasteiger charge is 2.44. The van der Waals surface area contributed by atoms with Crippen molar-refractivity contribution in [3.05, 3.63) is 59.2 Å². The molecular formula is C19H18F6O2. The second kappa shape index (κ2) is 8.10. The number of rotatable bonds is 7. The number of hydrogen-bond acceptors (Lipinski definition) is 2. The minimum atomic E-state index is -4.75. The zero-order valence-electron chi connectivity index (χ0n) is 14.8. The first-order valence-electron chi connectivity index (χ1n) is 8.11. The Bertz CT molecular complexity index is 792. The molecule has 0 aliphatic rings. The van der Waals surface area contributed by atoms with Gasteiger partial charge in [-0.3, -0.25) is 0 Å². The van der Waals surface area contributed by atoms with Crippen molar-refractivity contribution in [3.63, 3.8) is 0 Å². The van der Waals surface area contributed by atoms with E-state index in [1.807, 2.05) is 0 Å². The fourth-order valence-electron chi connectivity index (χ4n) is 2.42. The lowest BCUT2D eigenvalue weighted by Gasteiger charge is -2.19. The quantitative estimate of drug-likeness (QED) is 0.527. The molecule has 0 aliphatic carbocycles. The Morgan fingerprint density at radius 3 is 2.15 bits per heavy atom. The highest BCUT2D eigenvalue weighted by molar-refractivity contribution is 5.40. The Morgan fingerprint density at radius 1 is 0.889 bits per heavy atom. The van der Waals surface area contributed by atoms with Crippen LogP contribution in [0.15, 0.2) is 36.4 Å². The molecule has 0 heterocycles. The van der Waals surface area contributed by atoms with Gasteiger partial charge in [-0.2, -0.15) is 17.6 Å². The van der Waals surface area contributed by atoms with Crippen LogP contribution in [0.5, 0.6) is 11.5 Å². The molecule has 0 aromatic heterocycles. The highest BCUT2D eigenvalue weighted by atomic mass is 19.3. The van der Waals surface area contributed by atoms with Gasteiger partial charge < -0.3 is 9.47 Å². The van der Waals surface area contributed by atoms with Crippen molar-refractivity contribution in [1.29, 1.82) is 0 Å². The van der Waals surface area contributed by atoms with E-state index in [4.69, 9.17) is 4.74 Å². The summed E-state index contributed by atoms with van der Waals surface area (Å²) >= 11 is 0. The minimum Gasteiger partial charge on any atom is -0.488 e. The summed E-state index contributed by atoms with van der Waals surface area (Å²) < 4.78 is 87.7. The smallest absolute Gasteiger partial charge is 0.461 e. The average molecular weight is 392 g/mol. The third kappa shape index (κ3) is 5.30. The molecular weight excluding hydrogens is 374 g/mol. The normalized spacial score (nSPS) is 13.1. The first-order valence-corrected chi connectivity index (χ1v) is 8.11. The van der Waals surface area contributed by atoms with E-state index in [2.05, 4.69) is 4.74 Å². The van der Waals surface area contributed by atoms with Crippen LogP contribution in [0.25, 0.3) is 0 Å². The predicted molar refractivity (Wildman–Crippen MR) is 87.7 cm³/mol. The van der Waals surface area contributed by atoms with Crippen LogP contribution in [0.2, 0.25) is 0 Å². The summed E-state index contributed by atoms with van der Waals surface area (Å²) in [6.45, 7) is 5.06. The first-order chi connectivity index (χ1) is 12.5. The standard InChI is InChI=1S/C19H18F6O2/c1-10(2)26-17-8-12(4-5-16(17)21)11(3)13-6-14(20)9-15(7-13)27-19(24,25)18(22)23/h4-11,18H,1-3H3/t11-/m1/s1. The summed E-state index contributed by atoms with van der Waals surface area (Å²) in [7, 11) is 0. The largest absolute Gasteiger partial charge is 0.488 e. The number of alkyl halides is 4. The molecule has 0 amide bonds. The van der Waals surface area contributed by atoms with Crippen LogP contribution in [0.4, 0.5) is 26.3 Å². The number of ether oxygens (including phenoxy) is 2. The van der Waals surface area contributed by atoms with E-state index >= 15 is 0 Å². The van der Waals surface area contributed by atoms with Gasteiger partial charge in [-0.1, -0.05) is 13.0 Å². The van der Waals surface area contributed by atoms with Gasteiger partial charge in [0.15, 0.2) is 11.6 Å². The predicted octanol–water partition coefficient (Wildman–Crippen LogP) is 6.14. The molecule has 0 N–H and O–H groups in total. The molecule has 1 atom stereocenters. The van der Waals surface area contributed by atoms with Crippen LogP contribution in [0.1, 0.15) is 37.8 Å². The molecule has 0 radical (unpaired) electrons. The van der Waals surface area contributed by atoms with Gasteiger partial charge in [0.05, 0.1) is 6.10 Å². The molecule has 8 heteroatoms. The van der Waals surface area contributed by atoms with Crippen molar-refractivity contribution >= 4 is 0 Å². The second-order valence-corrected chi connectivity index (χ2v) is 6.26. The average Bonchev–Trinajstić information content (AvgIpc) is 2.54. The molecule has 0 unspecified atom stereocenters. The summed E-state index contributed by atoms with van der Waals surface area (Å²) in [5.74, 6) is -2.83. The maximum atomic E-state index is 13.8. The topological polar surface area (TPSA) is 18.5 Å². The lowest BCUT2D eigenvalue weighted by Crippen LogP contribution is -2.33. The van der Waals surface area contributed by atoms with Gasteiger partial charge >= 0.3 is 12.5 Å². The van der Waals surface area contributed by atoms with Crippen molar-refractivity contribution in [3.8, 4) is 11.5 Å². The van der Waals surface area contributed by atoms with E-state index in [1.165, 1.54) is 18.2 Å². The Hall–Kier alpha value is -2.38. The fraction of sp³-hybridized carbons (Fsp3) is 0.368. The molecule has 0 saturated carbocycles. The van der Waals surface area contributed by atoms with Gasteiger partial charge in [0.25, 0.3) is 0 Å². The monoisotopic (exact) mass is 392 g/mol. The summed E-state index contributed by atoms with van der Waals surface area (Å²) in [5, 5.41) is 0. The van der Waals surface area contributed by atoms with Gasteiger partial charge in [0.1, 0.15) is 11.6 Å². The molecule has 0 aliphatic heterocycles. The highest BCUT2D eigenvalue weighted by Crippen LogP contribution is 2.34. The molecule has 148 valence electrons. The Labute approximate surface area is 152 Å². The van der Waals surface area contributed by atoms with E-state index in [-0.39, 0.29) is 17.4 Å². The third-order valence-corrected chi connectivity index (χ3v) is 3.72. The van der Waals surface area contributed by atoms with Gasteiger partial charge in [0, 0.05) is 12.0 Å². The molecule has 27 heavy (non-hydrogen) atoms. The number of halogens is 6. The van der Waals surface area contributed by atoms with Gasteiger partial charge in [-0.25, -0.2) is 8.78 Å². The molecule has 2 aromatic rings. The van der Waals surface area contributed by atoms with E-state index in [0.717, 1.165) is 12.1 Å². The van der Waals surface area contributed by atoms with Crippen LogP contribution in [0, 0.1) is 11.6 Å². The lowest BCUT2D eigenvalue weighted by molar-refractivity contribution is -0.253. The van der Waals surface area contributed by atoms with Gasteiger partial charge in [0.2, 0.25) is 0 Å². The van der Waals surface area contributed by atoms with Gasteiger partial charge in [-0.05, 0) is 49.2 Å². The Balaban J connectivity index is 2.35. The molecule has 0 spiro atoms. The van der Waals surface area contributed by atoms with Gasteiger partial charge in [-0.15, -0.1) is 0 Å². The van der Waals surface area contributed by atoms with Crippen molar-refractivity contribution < 1.29 is 35.8 Å². The van der Waals surface area contributed by atoms with Crippen molar-refractivity contribution in [2.75, 3.05) is 0 Å². The van der Waals surface area contributed by atoms with E-state index in [9.17, 15) is 26.3 Å². The zero-order chi connectivity index (χ0) is 20.4. The zero-order valence-corrected chi connectivity index (χ0v) is 14.8. The van der Waals surface area contributed by atoms with Crippen LogP contribution in [-0.4, -0.2) is 18.6 Å². The Kier molecular flexibility index (Phi) is 6.28. The Morgan fingerprint density at radius 2 is 1.56 bits per heavy atom. The summed E-state index contributed by atoms with van der Waals surface area (Å²) in [6.07, 6.45) is -9.09. The first kappa shape index (κ1) is 20.9. The molecule has 0 fully saturated rings. The maximum absolute atomic E-state index is 13.8. The summed E-state index contributed by atoms with van der Waals surface area (Å²) in [5.41, 5.74) is 0.710. The summed E-state index contributed by atoms with van der Waals surface area (Å²) in [4.78, 5) is 0. The third-order valence-electron chi connectivity index (χ3n) is 3.72. The number of benzene rings is 2. The summed E-state index contributed by atoms with van der Waals surface area (Å²) in [6, 6.07) is 6.71. The minimum absolute atomic E-state index is 0.00791. The van der Waals surface area contributed by atoms with E-state index in [0.29, 0.717) is 11.6 Å². The maximum Gasteiger partial charge on any atom is 0.461 e. The van der Waals surface area contributed by atoms with Crippen LogP contribution in [0.3, 0.4) is 0 Å². The number of hydrogen-bond donors (Lipinski definition) is 0. The fourth-order valence-corrected chi connectivity index (χ4v) is 2.42. The molecule has 2 aromatic carbocycles. The van der Waals surface area contributed by atoms with Crippen LogP contribution in [-0.2, 0) is 0 Å².